The van der Waals surface area contributed by atoms with Gasteiger partial charge in [-0.05, 0) is 25.3 Å². The Morgan fingerprint density at radius 1 is 1.14 bits per heavy atom. The molecule has 1 fully saturated rings. The largest absolute Gasteiger partial charge is 0.478 e. The Bertz CT molecular complexity index is 739. The van der Waals surface area contributed by atoms with E-state index in [4.69, 9.17) is 5.11 Å². The summed E-state index contributed by atoms with van der Waals surface area (Å²) in [4.78, 5) is 47.1. The van der Waals surface area contributed by atoms with E-state index in [1.165, 1.54) is 0 Å². The maximum Gasteiger partial charge on any atom is 0.335 e. The molecular formula is C19H25N3O6. The lowest BCUT2D eigenvalue weighted by molar-refractivity contribution is -0.384. The molecule has 1 aromatic rings. The molecule has 3 N–H and O–H groups in total. The summed E-state index contributed by atoms with van der Waals surface area (Å²) in [6.45, 7) is 2.51. The zero-order valence-electron chi connectivity index (χ0n) is 15.8. The maximum atomic E-state index is 12.8. The smallest absolute Gasteiger partial charge is 0.335 e. The van der Waals surface area contributed by atoms with Crippen molar-refractivity contribution in [1.82, 2.24) is 10.6 Å². The Balaban J connectivity index is 2.29. The van der Waals surface area contributed by atoms with Crippen LogP contribution in [0.4, 0.5) is 5.69 Å². The lowest BCUT2D eigenvalue weighted by Crippen LogP contribution is -2.59. The van der Waals surface area contributed by atoms with E-state index < -0.39 is 28.0 Å². The van der Waals surface area contributed by atoms with Crippen molar-refractivity contribution in [3.05, 3.63) is 39.4 Å². The molecule has 0 aliphatic heterocycles. The number of carboxylic acid groups (broad SMARTS) is 1. The van der Waals surface area contributed by atoms with Crippen LogP contribution in [0.5, 0.6) is 0 Å². The van der Waals surface area contributed by atoms with E-state index in [-0.39, 0.29) is 17.0 Å². The highest BCUT2D eigenvalue weighted by Crippen LogP contribution is 2.29. The number of hydrogen-bond acceptors (Lipinski definition) is 5. The fraction of sp³-hybridized carbons (Fsp3) is 0.526. The lowest BCUT2D eigenvalue weighted by atomic mass is 9.80. The molecule has 0 heterocycles. The second-order valence-corrected chi connectivity index (χ2v) is 7.04. The molecule has 0 aromatic heterocycles. The van der Waals surface area contributed by atoms with Crippen molar-refractivity contribution in [3.8, 4) is 0 Å². The van der Waals surface area contributed by atoms with Crippen molar-refractivity contribution in [2.24, 2.45) is 0 Å². The average Bonchev–Trinajstić information content (AvgIpc) is 2.68. The fourth-order valence-electron chi connectivity index (χ4n) is 3.37. The van der Waals surface area contributed by atoms with Gasteiger partial charge in [0.05, 0.1) is 10.5 Å². The number of nitrogens with one attached hydrogen (secondary N) is 2. The highest BCUT2D eigenvalue weighted by atomic mass is 16.6. The molecule has 9 heteroatoms. The van der Waals surface area contributed by atoms with E-state index in [0.29, 0.717) is 19.4 Å². The van der Waals surface area contributed by atoms with Crippen LogP contribution in [0.1, 0.15) is 72.6 Å². The average molecular weight is 391 g/mol. The molecular weight excluding hydrogens is 366 g/mol. The molecule has 0 spiro atoms. The minimum atomic E-state index is -1.37. The molecule has 2 rings (SSSR count). The molecule has 1 saturated carbocycles. The van der Waals surface area contributed by atoms with Gasteiger partial charge < -0.3 is 15.7 Å². The monoisotopic (exact) mass is 391 g/mol. The van der Waals surface area contributed by atoms with Crippen molar-refractivity contribution in [3.63, 3.8) is 0 Å². The molecule has 152 valence electrons. The molecule has 0 unspecified atom stereocenters. The highest BCUT2D eigenvalue weighted by molar-refractivity contribution is 6.01. The number of carboxylic acids is 1. The van der Waals surface area contributed by atoms with Crippen molar-refractivity contribution in [1.29, 1.82) is 0 Å². The van der Waals surface area contributed by atoms with Crippen LogP contribution in [-0.2, 0) is 4.79 Å². The summed E-state index contributed by atoms with van der Waals surface area (Å²) in [5.41, 5.74) is -2.09. The second kappa shape index (κ2) is 9.29. The van der Waals surface area contributed by atoms with Gasteiger partial charge in [0, 0.05) is 24.2 Å². The van der Waals surface area contributed by atoms with Gasteiger partial charge in [0.25, 0.3) is 11.6 Å². The normalized spacial score (nSPS) is 15.5. The summed E-state index contributed by atoms with van der Waals surface area (Å²) < 4.78 is 0. The molecule has 0 saturated heterocycles. The van der Waals surface area contributed by atoms with Gasteiger partial charge in [-0.2, -0.15) is 0 Å². The summed E-state index contributed by atoms with van der Waals surface area (Å²) in [5, 5.41) is 25.8. The Hall–Kier alpha value is -2.97. The Kier molecular flexibility index (Phi) is 7.08. The van der Waals surface area contributed by atoms with Crippen LogP contribution in [0, 0.1) is 10.1 Å². The SMILES string of the molecule is CCCCNC(=O)C1(NC(=O)c2cc(C(=O)O)cc([N+](=O)[O-])c2)CCCCC1. The molecule has 1 aliphatic carbocycles. The molecule has 28 heavy (non-hydrogen) atoms. The zero-order valence-corrected chi connectivity index (χ0v) is 15.8. The quantitative estimate of drug-likeness (QED) is 0.354. The molecule has 1 aliphatic rings. The first-order valence-corrected chi connectivity index (χ1v) is 9.42. The van der Waals surface area contributed by atoms with E-state index in [9.17, 15) is 24.5 Å². The molecule has 2 amide bonds. The van der Waals surface area contributed by atoms with Gasteiger partial charge >= 0.3 is 5.97 Å². The van der Waals surface area contributed by atoms with Gasteiger partial charge in [-0.1, -0.05) is 32.6 Å². The van der Waals surface area contributed by atoms with Crippen LogP contribution in [0.25, 0.3) is 0 Å². The number of nitrogens with zero attached hydrogens (tertiary/aromatic N) is 1. The molecule has 0 bridgehead atoms. The number of benzene rings is 1. The first-order chi connectivity index (χ1) is 13.3. The number of carbonyl (C=O) groups excluding carboxylic acids is 2. The predicted octanol–water partition coefficient (Wildman–Crippen LogP) is 2.64. The third kappa shape index (κ3) is 5.05. The molecule has 1 aromatic carbocycles. The van der Waals surface area contributed by atoms with Crippen molar-refractivity contribution in [2.75, 3.05) is 6.54 Å². The van der Waals surface area contributed by atoms with Crippen LogP contribution >= 0.6 is 0 Å². The number of nitro groups is 1. The molecule has 0 radical (unpaired) electrons. The van der Waals surface area contributed by atoms with Crippen LogP contribution in [0.15, 0.2) is 18.2 Å². The number of hydrogen-bond donors (Lipinski definition) is 3. The third-order valence-corrected chi connectivity index (χ3v) is 4.95. The van der Waals surface area contributed by atoms with Gasteiger partial charge in [0.1, 0.15) is 5.54 Å². The van der Waals surface area contributed by atoms with E-state index >= 15 is 0 Å². The Labute approximate surface area is 162 Å². The first-order valence-electron chi connectivity index (χ1n) is 9.42. The number of carbonyl (C=O) groups is 3. The van der Waals surface area contributed by atoms with Crippen LogP contribution in [0.3, 0.4) is 0 Å². The van der Waals surface area contributed by atoms with Gasteiger partial charge in [0.2, 0.25) is 5.91 Å². The number of aromatic carboxylic acids is 1. The van der Waals surface area contributed by atoms with Gasteiger partial charge in [-0.3, -0.25) is 19.7 Å². The summed E-state index contributed by atoms with van der Waals surface area (Å²) in [7, 11) is 0. The van der Waals surface area contributed by atoms with E-state index in [0.717, 1.165) is 50.3 Å². The Morgan fingerprint density at radius 2 is 1.79 bits per heavy atom. The summed E-state index contributed by atoms with van der Waals surface area (Å²) in [6.07, 6.45) is 5.19. The van der Waals surface area contributed by atoms with Crippen LogP contribution in [-0.4, -0.2) is 39.9 Å². The van der Waals surface area contributed by atoms with E-state index in [1.807, 2.05) is 6.92 Å². The third-order valence-electron chi connectivity index (χ3n) is 4.95. The number of non-ortho nitro benzene ring substituents is 1. The van der Waals surface area contributed by atoms with Crippen LogP contribution < -0.4 is 10.6 Å². The van der Waals surface area contributed by atoms with Crippen molar-refractivity contribution >= 4 is 23.5 Å². The minimum absolute atomic E-state index is 0.155. The number of nitro benzene ring substituents is 1. The molecule has 0 atom stereocenters. The van der Waals surface area contributed by atoms with Gasteiger partial charge in [-0.25, -0.2) is 4.79 Å². The predicted molar refractivity (Wildman–Crippen MR) is 101 cm³/mol. The fourth-order valence-corrected chi connectivity index (χ4v) is 3.37. The van der Waals surface area contributed by atoms with Crippen molar-refractivity contribution in [2.45, 2.75) is 57.4 Å². The summed E-state index contributed by atoms with van der Waals surface area (Å²) in [5.74, 6) is -2.33. The van der Waals surface area contributed by atoms with Gasteiger partial charge in [0.15, 0.2) is 0 Å². The van der Waals surface area contributed by atoms with Gasteiger partial charge in [-0.15, -0.1) is 0 Å². The lowest BCUT2D eigenvalue weighted by Gasteiger charge is -2.36. The Morgan fingerprint density at radius 3 is 2.36 bits per heavy atom. The van der Waals surface area contributed by atoms with Crippen LogP contribution in [0.2, 0.25) is 0 Å². The first kappa shape index (κ1) is 21.3. The highest BCUT2D eigenvalue weighted by Gasteiger charge is 2.41. The van der Waals surface area contributed by atoms with E-state index in [1.54, 1.807) is 0 Å². The second-order valence-electron chi connectivity index (χ2n) is 7.04. The number of unbranched alkanes of at least 4 members (excludes halogenated alkanes) is 1. The maximum absolute atomic E-state index is 12.8. The van der Waals surface area contributed by atoms with E-state index in [2.05, 4.69) is 10.6 Å². The zero-order chi connectivity index (χ0) is 20.7. The molecule has 9 nitrogen and oxygen atoms in total. The standard InChI is InChI=1S/C19H25N3O6/c1-2-3-9-20-18(26)19(7-5-4-6-8-19)21-16(23)13-10-14(17(24)25)12-15(11-13)22(27)28/h10-12H,2-9H2,1H3,(H,20,26)(H,21,23)(H,24,25). The number of amides is 2. The minimum Gasteiger partial charge on any atom is -0.478 e. The summed E-state index contributed by atoms with van der Waals surface area (Å²) in [6, 6.07) is 3.00. The summed E-state index contributed by atoms with van der Waals surface area (Å²) >= 11 is 0. The number of rotatable bonds is 8. The van der Waals surface area contributed by atoms with Crippen molar-refractivity contribution < 1.29 is 24.4 Å². The topological polar surface area (TPSA) is 139 Å².